The Hall–Kier alpha value is -5.39. The molecule has 0 aromatic rings. The quantitative estimate of drug-likeness (QED) is 0.0404. The fraction of sp³-hybridized carbons (Fsp3) is 0.896. The van der Waals surface area contributed by atoms with Crippen molar-refractivity contribution in [2.75, 3.05) is 122 Å². The summed E-state index contributed by atoms with van der Waals surface area (Å²) in [6.07, 6.45) is 44.1. The van der Waals surface area contributed by atoms with Gasteiger partial charge in [0, 0.05) is 47.8 Å². The van der Waals surface area contributed by atoms with Gasteiger partial charge < -0.3 is 47.9 Å². The molecule has 12 fully saturated rings. The molecule has 0 unspecified atom stereocenters. The lowest BCUT2D eigenvalue weighted by Crippen LogP contribution is -2.49. The van der Waals surface area contributed by atoms with Gasteiger partial charge >= 0.3 is 0 Å². The molecule has 12 aliphatic rings. The largest absolute Gasteiger partial charge is 0.352 e. The van der Waals surface area contributed by atoms with Crippen LogP contribution in [0.3, 0.4) is 0 Å². The van der Waals surface area contributed by atoms with Gasteiger partial charge in [-0.15, -0.1) is 6.58 Å². The maximum absolute atomic E-state index is 12.2. The SMILES string of the molecule is C=CC(C)(C)NC(=O)[C@@H]1CCCN1C.CC(C)[C@@H](C)NC(=O)[C@@H]1CCCN1C.CC(C)[C@H](C)NC(=O)[C@@H]1CCCN1C.CN1CCC[C@H]1C(=O)NC(C)(C)C.CN1CCC[C@H]1C(=O)NC1CCCCC1.CN1CCC[C@H]1C(=O)NC1CCCCCC1.CN1CCC[C@H]1C(=O)NC1CCCCCCC1.C[C@@H](NC(=O)[C@@H]1CCCN1C)C(C)(C)C.C[C@H](NC(=O)[C@@H]1CCCN1C)C(C)(C)C. The zero-order valence-corrected chi connectivity index (χ0v) is 90.2. The van der Waals surface area contributed by atoms with Crippen molar-refractivity contribution in [2.24, 2.45) is 22.7 Å². The van der Waals surface area contributed by atoms with E-state index in [0.717, 1.165) is 155 Å². The lowest BCUT2D eigenvalue weighted by Gasteiger charge is -2.30. The number of likely N-dealkylation sites (N-methyl/N-ethyl adjacent to an activating group) is 9. The number of hydrogen-bond acceptors (Lipinski definition) is 18. The summed E-state index contributed by atoms with van der Waals surface area (Å²) in [4.78, 5) is 127. The summed E-state index contributed by atoms with van der Waals surface area (Å²) in [6, 6.07) is 3.31. The summed E-state index contributed by atoms with van der Waals surface area (Å²) < 4.78 is 0. The zero-order valence-electron chi connectivity index (χ0n) is 90.2. The van der Waals surface area contributed by atoms with E-state index in [1.807, 2.05) is 76.9 Å². The molecule has 9 N–H and O–H groups in total. The average Bonchev–Trinajstić information content (AvgIpc) is 1.81. The fourth-order valence-corrected chi connectivity index (χ4v) is 19.3. The number of hydrogen-bond donors (Lipinski definition) is 9. The number of nitrogens with zero attached hydrogens (tertiary/aromatic N) is 9. The normalized spacial score (nSPS) is 26.4. The Balaban J connectivity index is 0.000000313. The van der Waals surface area contributed by atoms with Crippen molar-refractivity contribution in [3.05, 3.63) is 12.7 Å². The summed E-state index contributed by atoms with van der Waals surface area (Å²) in [5.41, 5.74) is -0.152. The van der Waals surface area contributed by atoms with Crippen LogP contribution < -0.4 is 47.9 Å². The Bertz CT molecular complexity index is 3280. The van der Waals surface area contributed by atoms with E-state index in [4.69, 9.17) is 0 Å². The first-order valence-electron chi connectivity index (χ1n) is 53.1. The number of nitrogens with one attached hydrogen (secondary N) is 9. The molecule has 0 radical (unpaired) electrons. The second kappa shape index (κ2) is 60.6. The van der Waals surface area contributed by atoms with Crippen molar-refractivity contribution >= 4 is 53.2 Å². The Kier molecular flexibility index (Phi) is 54.6. The third-order valence-corrected chi connectivity index (χ3v) is 30.5. The lowest BCUT2D eigenvalue weighted by atomic mass is 9.88. The second-order valence-corrected chi connectivity index (χ2v) is 46.3. The molecular weight excluding hydrogens is 1670 g/mol. The highest BCUT2D eigenvalue weighted by Gasteiger charge is 2.39. The van der Waals surface area contributed by atoms with Crippen molar-refractivity contribution < 1.29 is 43.2 Å². The molecule has 27 heteroatoms. The van der Waals surface area contributed by atoms with E-state index in [2.05, 4.69) is 217 Å². The van der Waals surface area contributed by atoms with E-state index in [9.17, 15) is 43.2 Å². The summed E-state index contributed by atoms with van der Waals surface area (Å²) in [6.45, 7) is 52.8. The molecular formula is C106H204N18O9. The molecule has 0 bridgehead atoms. The number of amides is 9. The average molecular weight is 1870 g/mol. The van der Waals surface area contributed by atoms with Gasteiger partial charge in [-0.1, -0.05) is 152 Å². The molecule has 0 aromatic carbocycles. The minimum Gasteiger partial charge on any atom is -0.352 e. The number of likely N-dealkylation sites (tertiary alicyclic amines) is 9. The number of carbonyl (C=O) groups excluding carboxylic acids is 9. The Labute approximate surface area is 812 Å². The zero-order chi connectivity index (χ0) is 99.7. The van der Waals surface area contributed by atoms with Crippen LogP contribution >= 0.6 is 0 Å². The van der Waals surface area contributed by atoms with Crippen LogP contribution in [0.5, 0.6) is 0 Å². The van der Waals surface area contributed by atoms with Gasteiger partial charge in [0.15, 0.2) is 0 Å². The Morgan fingerprint density at radius 2 is 0.429 bits per heavy atom. The van der Waals surface area contributed by atoms with Crippen molar-refractivity contribution in [3.63, 3.8) is 0 Å². The van der Waals surface area contributed by atoms with Crippen LogP contribution in [0.15, 0.2) is 12.7 Å². The molecule has 3 aliphatic carbocycles. The van der Waals surface area contributed by atoms with Gasteiger partial charge in [0.1, 0.15) is 0 Å². The molecule has 0 aromatic heterocycles. The molecule has 9 heterocycles. The van der Waals surface area contributed by atoms with Crippen LogP contribution in [0.1, 0.15) is 363 Å². The minimum atomic E-state index is -0.305. The van der Waals surface area contributed by atoms with Crippen molar-refractivity contribution in [1.29, 1.82) is 0 Å². The van der Waals surface area contributed by atoms with Crippen LogP contribution in [0.4, 0.5) is 0 Å². The third kappa shape index (κ3) is 45.2. The molecule has 9 aliphatic heterocycles. The maximum atomic E-state index is 12.2. The van der Waals surface area contributed by atoms with Gasteiger partial charge in [0.25, 0.3) is 0 Å². The smallest absolute Gasteiger partial charge is 0.238 e. The molecule has 133 heavy (non-hydrogen) atoms. The van der Waals surface area contributed by atoms with Crippen LogP contribution in [-0.4, -0.2) is 327 Å². The van der Waals surface area contributed by atoms with Gasteiger partial charge in [-0.3, -0.25) is 87.3 Å². The highest BCUT2D eigenvalue weighted by molar-refractivity contribution is 5.86. The standard InChI is InChI=1S/C14H26N2O.C13H24N2O.C12H22N2O.2C12H24N2O.2C11H22N2O.C11H20N2O.C10H20N2O/c1-16-11-7-10-13(16)14(17)15-12-8-5-3-2-4-6-9-12;1-15-10-6-9-12(15)13(16)14-11-7-4-2-3-5-8-11;1-14-9-5-8-11(14)12(15)13-10-6-3-2-4-7-10;2*1-9(12(2,3)4)13-11(15)10-7-6-8-14(10)5;2*1-8(2)9(3)12-11(14)10-6-5-7-13(10)4;1-5-11(2,3)12-10(14)9-7-6-8-13(9)4;1-10(2,3)11-9(13)8-6-5-7-12(8)4/h12-13H,2-11H2,1H3,(H,15,17);11-12H,2-10H2,1H3,(H,14,16);10-11H,2-9H2,1H3,(H,13,15);2*9-10H,6-8H2,1-5H3,(H,13,15);2*8-10H,5-7H2,1-4H3,(H,12,14);5,9H,1,6-8H2,2-4H3,(H,12,14);8H,5-7H2,1-4H3,(H,11,13)/t13-;12-;11-;9-,10+;9-,10-;9-,10+;9-,10-;9-;8-/m000101000/s1. The first kappa shape index (κ1) is 120. The Morgan fingerprint density at radius 3 is 0.609 bits per heavy atom. The van der Waals surface area contributed by atoms with Crippen LogP contribution in [0.25, 0.3) is 0 Å². The summed E-state index contributed by atoms with van der Waals surface area (Å²) in [7, 11) is 18.3. The van der Waals surface area contributed by atoms with Crippen LogP contribution in [0, 0.1) is 22.7 Å². The second-order valence-electron chi connectivity index (χ2n) is 46.3. The number of rotatable bonds is 20. The molecule has 9 amide bonds. The first-order valence-corrected chi connectivity index (χ1v) is 53.1. The highest BCUT2D eigenvalue weighted by atomic mass is 16.2. The molecule has 13 atom stereocenters. The number of carbonyl (C=O) groups is 9. The van der Waals surface area contributed by atoms with E-state index in [0.29, 0.717) is 30.0 Å². The maximum Gasteiger partial charge on any atom is 0.238 e. The summed E-state index contributed by atoms with van der Waals surface area (Å²) in [5.74, 6) is 2.90. The van der Waals surface area contributed by atoms with Gasteiger partial charge in [-0.25, -0.2) is 0 Å². The van der Waals surface area contributed by atoms with E-state index in [-0.39, 0.29) is 154 Å². The van der Waals surface area contributed by atoms with E-state index in [1.165, 1.54) is 135 Å². The summed E-state index contributed by atoms with van der Waals surface area (Å²) >= 11 is 0. The molecule has 772 valence electrons. The predicted molar refractivity (Wildman–Crippen MR) is 549 cm³/mol. The first-order chi connectivity index (χ1) is 62.4. The molecule has 27 nitrogen and oxygen atoms in total. The van der Waals surface area contributed by atoms with Gasteiger partial charge in [-0.2, -0.15) is 0 Å². The highest BCUT2D eigenvalue weighted by Crippen LogP contribution is 2.28. The van der Waals surface area contributed by atoms with E-state index < -0.39 is 0 Å². The lowest BCUT2D eigenvalue weighted by molar-refractivity contribution is -0.127. The molecule has 12 rings (SSSR count). The van der Waals surface area contributed by atoms with Crippen molar-refractivity contribution in [3.8, 4) is 0 Å². The van der Waals surface area contributed by atoms with Gasteiger partial charge in [0.2, 0.25) is 53.2 Å². The molecule has 9 saturated heterocycles. The summed E-state index contributed by atoms with van der Waals surface area (Å²) in [5, 5.41) is 28.1. The van der Waals surface area contributed by atoms with E-state index >= 15 is 0 Å². The van der Waals surface area contributed by atoms with E-state index in [1.54, 1.807) is 6.08 Å². The molecule has 3 saturated carbocycles. The van der Waals surface area contributed by atoms with Crippen LogP contribution in [0.2, 0.25) is 0 Å². The van der Waals surface area contributed by atoms with Gasteiger partial charge in [-0.05, 0) is 361 Å². The predicted octanol–water partition coefficient (Wildman–Crippen LogP) is 13.7. The monoisotopic (exact) mass is 1870 g/mol. The van der Waals surface area contributed by atoms with Crippen LogP contribution in [-0.2, 0) is 43.2 Å². The molecule has 0 spiro atoms. The topological polar surface area (TPSA) is 291 Å². The van der Waals surface area contributed by atoms with Crippen molar-refractivity contribution in [2.45, 2.75) is 470 Å². The third-order valence-electron chi connectivity index (χ3n) is 30.5. The fourth-order valence-electron chi connectivity index (χ4n) is 19.3. The minimum absolute atomic E-state index is 0.0502. The Morgan fingerprint density at radius 1 is 0.248 bits per heavy atom. The van der Waals surface area contributed by atoms with Gasteiger partial charge in [0.05, 0.1) is 59.9 Å². The van der Waals surface area contributed by atoms with Crippen molar-refractivity contribution in [1.82, 2.24) is 92.0 Å².